The minimum absolute atomic E-state index is 0.224. The van der Waals surface area contributed by atoms with Crippen LogP contribution >= 0.6 is 0 Å². The maximum atomic E-state index is 11.0. The molecule has 0 spiro atoms. The predicted molar refractivity (Wildman–Crippen MR) is 37.8 cm³/mol. The summed E-state index contributed by atoms with van der Waals surface area (Å²) < 4.78 is 0. The number of hydrogen-bond donors (Lipinski definition) is 1. The number of carbonyl (C=O) groups excluding carboxylic acids is 2. The lowest BCUT2D eigenvalue weighted by Gasteiger charge is -2.04. The molecule has 0 aromatic rings. The second-order valence-corrected chi connectivity index (χ2v) is 2.51. The van der Waals surface area contributed by atoms with Gasteiger partial charge in [0, 0.05) is 6.20 Å². The fourth-order valence-electron chi connectivity index (χ4n) is 1.24. The van der Waals surface area contributed by atoms with E-state index in [0.29, 0.717) is 12.1 Å². The molecule has 0 aromatic heterocycles. The van der Waals surface area contributed by atoms with Crippen LogP contribution in [0.5, 0.6) is 0 Å². The third kappa shape index (κ3) is 0.790. The van der Waals surface area contributed by atoms with Gasteiger partial charge in [0.15, 0.2) is 0 Å². The van der Waals surface area contributed by atoms with Crippen LogP contribution < -0.4 is 5.32 Å². The molecule has 0 saturated carbocycles. The Kier molecular flexibility index (Phi) is 1.15. The summed E-state index contributed by atoms with van der Waals surface area (Å²) in [7, 11) is 0. The Hall–Kier alpha value is -1.45. The number of nitrogens with zero attached hydrogens (tertiary/aromatic N) is 1. The lowest BCUT2D eigenvalue weighted by atomic mass is 10.0. The Bertz CT molecular complexity index is 291. The summed E-state index contributed by atoms with van der Waals surface area (Å²) in [4.78, 5) is 25.7. The van der Waals surface area contributed by atoms with Crippen molar-refractivity contribution in [1.29, 1.82) is 0 Å². The number of hydrogen-bond acceptors (Lipinski definition) is 3. The Balaban J connectivity index is 2.42. The SMILES string of the molecule is O=C1NC(=O)C2CC=CN=C12. The van der Waals surface area contributed by atoms with Crippen molar-refractivity contribution in [2.24, 2.45) is 10.9 Å². The van der Waals surface area contributed by atoms with Crippen LogP contribution in [0.25, 0.3) is 0 Å². The molecule has 2 amide bonds. The normalized spacial score (nSPS) is 28.0. The van der Waals surface area contributed by atoms with Crippen LogP contribution in [0.15, 0.2) is 17.3 Å². The standard InChI is InChI=1S/C7H6N2O2/c10-6-4-2-1-3-8-5(4)7(11)9-6/h1,3-4H,2H2,(H,9,10,11). The number of imide groups is 1. The van der Waals surface area contributed by atoms with E-state index in [1.54, 1.807) is 12.3 Å². The molecule has 1 unspecified atom stereocenters. The van der Waals surface area contributed by atoms with Crippen LogP contribution in [0.2, 0.25) is 0 Å². The summed E-state index contributed by atoms with van der Waals surface area (Å²) in [5.74, 6) is -0.894. The van der Waals surface area contributed by atoms with E-state index in [1.165, 1.54) is 0 Å². The molecule has 4 heteroatoms. The summed E-state index contributed by atoms with van der Waals surface area (Å²) in [6.07, 6.45) is 3.94. The molecule has 4 nitrogen and oxygen atoms in total. The van der Waals surface area contributed by atoms with Gasteiger partial charge in [-0.15, -0.1) is 0 Å². The van der Waals surface area contributed by atoms with Gasteiger partial charge in [0.25, 0.3) is 5.91 Å². The van der Waals surface area contributed by atoms with E-state index in [-0.39, 0.29) is 17.7 Å². The molecule has 11 heavy (non-hydrogen) atoms. The third-order valence-electron chi connectivity index (χ3n) is 1.81. The zero-order chi connectivity index (χ0) is 7.84. The Labute approximate surface area is 63.0 Å². The molecule has 0 bridgehead atoms. The summed E-state index contributed by atoms with van der Waals surface area (Å²) in [5.41, 5.74) is 0.359. The van der Waals surface area contributed by atoms with Gasteiger partial charge in [-0.25, -0.2) is 0 Å². The molecule has 1 atom stereocenters. The van der Waals surface area contributed by atoms with Crippen molar-refractivity contribution < 1.29 is 9.59 Å². The molecule has 1 fully saturated rings. The third-order valence-corrected chi connectivity index (χ3v) is 1.81. The predicted octanol–water partition coefficient (Wildman–Crippen LogP) is -0.383. The lowest BCUT2D eigenvalue weighted by Crippen LogP contribution is -2.22. The highest BCUT2D eigenvalue weighted by molar-refractivity contribution is 6.50. The zero-order valence-corrected chi connectivity index (χ0v) is 5.70. The maximum Gasteiger partial charge on any atom is 0.273 e. The van der Waals surface area contributed by atoms with Crippen LogP contribution in [0.1, 0.15) is 6.42 Å². The van der Waals surface area contributed by atoms with Crippen LogP contribution in [-0.4, -0.2) is 17.5 Å². The molecule has 2 aliphatic rings. The molecule has 0 aliphatic carbocycles. The first-order valence-corrected chi connectivity index (χ1v) is 3.37. The van der Waals surface area contributed by atoms with Crippen LogP contribution in [0, 0.1) is 5.92 Å². The second kappa shape index (κ2) is 2.02. The quantitative estimate of drug-likeness (QED) is 0.478. The Morgan fingerprint density at radius 2 is 2.36 bits per heavy atom. The van der Waals surface area contributed by atoms with Crippen LogP contribution in [0.3, 0.4) is 0 Å². The zero-order valence-electron chi connectivity index (χ0n) is 5.70. The monoisotopic (exact) mass is 150 g/mol. The van der Waals surface area contributed by atoms with E-state index in [4.69, 9.17) is 0 Å². The van der Waals surface area contributed by atoms with Crippen molar-refractivity contribution in [3.8, 4) is 0 Å². The Morgan fingerprint density at radius 3 is 3.09 bits per heavy atom. The minimum Gasteiger partial charge on any atom is -0.291 e. The summed E-state index contributed by atoms with van der Waals surface area (Å²) in [5, 5.41) is 2.21. The van der Waals surface area contributed by atoms with E-state index in [2.05, 4.69) is 10.3 Å². The van der Waals surface area contributed by atoms with Gasteiger partial charge in [0.2, 0.25) is 5.91 Å². The molecule has 1 saturated heterocycles. The Morgan fingerprint density at radius 1 is 1.55 bits per heavy atom. The first-order chi connectivity index (χ1) is 5.29. The smallest absolute Gasteiger partial charge is 0.273 e. The fraction of sp³-hybridized carbons (Fsp3) is 0.286. The van der Waals surface area contributed by atoms with Crippen molar-refractivity contribution in [2.45, 2.75) is 6.42 Å². The molecule has 0 aromatic carbocycles. The number of rotatable bonds is 0. The highest BCUT2D eigenvalue weighted by atomic mass is 16.2. The number of fused-ring (bicyclic) bond motifs is 1. The molecular weight excluding hydrogens is 144 g/mol. The second-order valence-electron chi connectivity index (χ2n) is 2.51. The van der Waals surface area contributed by atoms with Crippen LogP contribution in [-0.2, 0) is 9.59 Å². The van der Waals surface area contributed by atoms with E-state index in [1.807, 2.05) is 0 Å². The molecule has 0 radical (unpaired) electrons. The number of allylic oxidation sites excluding steroid dienone is 1. The molecule has 2 aliphatic heterocycles. The minimum atomic E-state index is -0.343. The highest BCUT2D eigenvalue weighted by Gasteiger charge is 2.37. The summed E-state index contributed by atoms with van der Waals surface area (Å²) >= 11 is 0. The van der Waals surface area contributed by atoms with Gasteiger partial charge in [-0.05, 0) is 6.42 Å². The maximum absolute atomic E-state index is 11.0. The van der Waals surface area contributed by atoms with E-state index in [9.17, 15) is 9.59 Å². The summed E-state index contributed by atoms with van der Waals surface area (Å²) in [6.45, 7) is 0. The van der Waals surface area contributed by atoms with Gasteiger partial charge in [-0.1, -0.05) is 6.08 Å². The van der Waals surface area contributed by atoms with Gasteiger partial charge in [-0.2, -0.15) is 0 Å². The van der Waals surface area contributed by atoms with E-state index < -0.39 is 0 Å². The molecule has 1 N–H and O–H groups in total. The number of aliphatic imine (C=N–C) groups is 1. The van der Waals surface area contributed by atoms with Crippen LogP contribution in [0.4, 0.5) is 0 Å². The van der Waals surface area contributed by atoms with Gasteiger partial charge in [0.05, 0.1) is 5.92 Å². The van der Waals surface area contributed by atoms with Crippen molar-refractivity contribution in [1.82, 2.24) is 5.32 Å². The van der Waals surface area contributed by atoms with E-state index in [0.717, 1.165) is 0 Å². The largest absolute Gasteiger partial charge is 0.291 e. The molecule has 2 rings (SSSR count). The topological polar surface area (TPSA) is 58.5 Å². The van der Waals surface area contributed by atoms with Gasteiger partial charge in [-0.3, -0.25) is 19.9 Å². The fourth-order valence-corrected chi connectivity index (χ4v) is 1.24. The van der Waals surface area contributed by atoms with Crippen molar-refractivity contribution in [3.63, 3.8) is 0 Å². The van der Waals surface area contributed by atoms with Crippen molar-refractivity contribution >= 4 is 17.5 Å². The van der Waals surface area contributed by atoms with Gasteiger partial charge < -0.3 is 0 Å². The number of amides is 2. The average molecular weight is 150 g/mol. The van der Waals surface area contributed by atoms with E-state index >= 15 is 0 Å². The number of nitrogens with one attached hydrogen (secondary N) is 1. The lowest BCUT2D eigenvalue weighted by molar-refractivity contribution is -0.125. The molecular formula is C7H6N2O2. The highest BCUT2D eigenvalue weighted by Crippen LogP contribution is 2.17. The first kappa shape index (κ1) is 6.27. The molecule has 2 heterocycles. The summed E-state index contributed by atoms with van der Waals surface area (Å²) in [6, 6.07) is 0. The van der Waals surface area contributed by atoms with Gasteiger partial charge in [0.1, 0.15) is 5.71 Å². The van der Waals surface area contributed by atoms with Crippen molar-refractivity contribution in [3.05, 3.63) is 12.3 Å². The molecule has 56 valence electrons. The average Bonchev–Trinajstić information content (AvgIpc) is 2.30. The number of carbonyl (C=O) groups is 2. The van der Waals surface area contributed by atoms with Gasteiger partial charge >= 0.3 is 0 Å². The van der Waals surface area contributed by atoms with Crippen molar-refractivity contribution in [2.75, 3.05) is 0 Å². The first-order valence-electron chi connectivity index (χ1n) is 3.37.